The number of benzene rings is 1. The zero-order valence-electron chi connectivity index (χ0n) is 13.2. The molecule has 0 bridgehead atoms. The maximum Gasteiger partial charge on any atom is 0.0627 e. The average molecular weight is 817 g/mol. The van der Waals surface area contributed by atoms with E-state index >= 15 is 0 Å². The van der Waals surface area contributed by atoms with E-state index in [-0.39, 0.29) is 67.9 Å². The van der Waals surface area contributed by atoms with Gasteiger partial charge in [-0.05, 0) is 16.7 Å². The second kappa shape index (κ2) is 22.7. The topological polar surface area (TPSA) is 80.9 Å². The molecule has 154 valence electrons. The molecule has 0 aromatic heterocycles. The first kappa shape index (κ1) is 38.1. The Morgan fingerprint density at radius 3 is 0.840 bits per heavy atom. The molecule has 4 N–H and O–H groups in total. The standard InChI is InChI=1S/C9H9Br3.C5H12O4.4BrH/c10-4-7-1-8(5-11)3-9(2-7)6-12;6-1-5(2-7,3-8)4-9;;;;/h1-3H,4-6H2;6-9H,1-4H2;4*1H. The third-order valence-corrected chi connectivity index (χ3v) is 4.86. The maximum absolute atomic E-state index is 8.50. The highest BCUT2D eigenvalue weighted by molar-refractivity contribution is 9.09. The second-order valence-electron chi connectivity index (χ2n) is 4.69. The Morgan fingerprint density at radius 1 is 0.560 bits per heavy atom. The molecule has 11 heteroatoms. The molecule has 4 nitrogen and oxygen atoms in total. The fourth-order valence-corrected chi connectivity index (χ4v) is 2.34. The molecular weight excluding hydrogens is 791 g/mol. The van der Waals surface area contributed by atoms with Gasteiger partial charge < -0.3 is 20.4 Å². The van der Waals surface area contributed by atoms with Gasteiger partial charge in [0.15, 0.2) is 0 Å². The molecule has 1 rings (SSSR count). The Morgan fingerprint density at radius 2 is 0.760 bits per heavy atom. The van der Waals surface area contributed by atoms with E-state index in [1.807, 2.05) is 0 Å². The van der Waals surface area contributed by atoms with Crippen LogP contribution in [-0.4, -0.2) is 46.9 Å². The van der Waals surface area contributed by atoms with Crippen molar-refractivity contribution in [3.63, 3.8) is 0 Å². The molecule has 25 heavy (non-hydrogen) atoms. The van der Waals surface area contributed by atoms with Gasteiger partial charge in [0, 0.05) is 16.0 Å². The molecule has 1 aromatic carbocycles. The summed E-state index contributed by atoms with van der Waals surface area (Å²) in [5.74, 6) is 0. The minimum Gasteiger partial charge on any atom is -0.396 e. The summed E-state index contributed by atoms with van der Waals surface area (Å²) < 4.78 is 0. The summed E-state index contributed by atoms with van der Waals surface area (Å²) in [6, 6.07) is 6.61. The van der Waals surface area contributed by atoms with E-state index in [0.717, 1.165) is 16.0 Å². The Kier molecular flexibility index (Phi) is 34.6. The summed E-state index contributed by atoms with van der Waals surface area (Å²) in [6.45, 7) is -1.62. The number of hydrogen-bond donors (Lipinski definition) is 4. The number of hydrogen-bond acceptors (Lipinski definition) is 4. The third kappa shape index (κ3) is 15.0. The predicted molar refractivity (Wildman–Crippen MR) is 136 cm³/mol. The van der Waals surface area contributed by atoms with Gasteiger partial charge in [-0.1, -0.05) is 66.0 Å². The van der Waals surface area contributed by atoms with Crippen molar-refractivity contribution in [3.05, 3.63) is 34.9 Å². The highest BCUT2D eigenvalue weighted by atomic mass is 79.9. The molecule has 0 radical (unpaired) electrons. The molecule has 1 aromatic rings. The van der Waals surface area contributed by atoms with Gasteiger partial charge in [0.05, 0.1) is 31.8 Å². The van der Waals surface area contributed by atoms with Crippen molar-refractivity contribution in [1.29, 1.82) is 0 Å². The molecule has 0 saturated heterocycles. The lowest BCUT2D eigenvalue weighted by atomic mass is 9.93. The highest BCUT2D eigenvalue weighted by Crippen LogP contribution is 2.17. The minimum atomic E-state index is -1.11. The van der Waals surface area contributed by atoms with Crippen molar-refractivity contribution in [2.24, 2.45) is 5.41 Å². The molecule has 0 heterocycles. The van der Waals surface area contributed by atoms with E-state index in [0.29, 0.717) is 0 Å². The van der Waals surface area contributed by atoms with Gasteiger partial charge in [-0.3, -0.25) is 0 Å². The number of alkyl halides is 3. The first-order chi connectivity index (χ1) is 10.0. The lowest BCUT2D eigenvalue weighted by Gasteiger charge is -2.23. The smallest absolute Gasteiger partial charge is 0.0627 e. The quantitative estimate of drug-likeness (QED) is 0.303. The molecule has 0 unspecified atom stereocenters. The predicted octanol–water partition coefficient (Wildman–Crippen LogP) is 4.62. The van der Waals surface area contributed by atoms with Gasteiger partial charge in [-0.25, -0.2) is 0 Å². The van der Waals surface area contributed by atoms with Crippen molar-refractivity contribution in [2.75, 3.05) is 26.4 Å². The zero-order valence-corrected chi connectivity index (χ0v) is 24.8. The summed E-state index contributed by atoms with van der Waals surface area (Å²) in [4.78, 5) is 0. The molecule has 0 aliphatic carbocycles. The number of aliphatic hydroxyl groups is 4. The average Bonchev–Trinajstić information content (AvgIpc) is 2.57. The van der Waals surface area contributed by atoms with Gasteiger partial charge in [0.1, 0.15) is 0 Å². The van der Waals surface area contributed by atoms with Crippen LogP contribution in [0.4, 0.5) is 0 Å². The summed E-state index contributed by atoms with van der Waals surface area (Å²) in [5.41, 5.74) is 2.89. The Balaban J connectivity index is -0.0000000949. The Labute approximate surface area is 216 Å². The van der Waals surface area contributed by atoms with E-state index < -0.39 is 31.8 Å². The van der Waals surface area contributed by atoms with Gasteiger partial charge in [0.2, 0.25) is 0 Å². The zero-order chi connectivity index (χ0) is 16.3. The van der Waals surface area contributed by atoms with Crippen LogP contribution in [0.1, 0.15) is 16.7 Å². The normalized spacial score (nSPS) is 9.24. The van der Waals surface area contributed by atoms with Crippen molar-refractivity contribution in [1.82, 2.24) is 0 Å². The Hall–Kier alpha value is 2.42. The number of halogens is 7. The van der Waals surface area contributed by atoms with Crippen molar-refractivity contribution >= 4 is 116 Å². The van der Waals surface area contributed by atoms with Crippen LogP contribution in [0.5, 0.6) is 0 Å². The first-order valence-electron chi connectivity index (χ1n) is 6.27. The fraction of sp³-hybridized carbons (Fsp3) is 0.571. The van der Waals surface area contributed by atoms with E-state index in [9.17, 15) is 0 Å². The fourth-order valence-electron chi connectivity index (χ4n) is 1.37. The van der Waals surface area contributed by atoms with Gasteiger partial charge >= 0.3 is 0 Å². The van der Waals surface area contributed by atoms with Crippen LogP contribution in [0, 0.1) is 5.41 Å². The van der Waals surface area contributed by atoms with Crippen LogP contribution >= 0.6 is 116 Å². The van der Waals surface area contributed by atoms with Crippen molar-refractivity contribution < 1.29 is 20.4 Å². The summed E-state index contributed by atoms with van der Waals surface area (Å²) >= 11 is 10.4. The molecular formula is C14H25Br7O4. The second-order valence-corrected chi connectivity index (χ2v) is 6.37. The highest BCUT2D eigenvalue weighted by Gasteiger charge is 2.26. The van der Waals surface area contributed by atoms with Crippen LogP contribution < -0.4 is 0 Å². The van der Waals surface area contributed by atoms with Crippen LogP contribution in [0.2, 0.25) is 0 Å². The SMILES string of the molecule is Br.Br.Br.Br.BrCc1cc(CBr)cc(CBr)c1.OCC(CO)(CO)CO. The van der Waals surface area contributed by atoms with Gasteiger partial charge in [-0.2, -0.15) is 0 Å². The van der Waals surface area contributed by atoms with E-state index in [1.165, 1.54) is 16.7 Å². The molecule has 0 aliphatic heterocycles. The molecule has 0 spiro atoms. The summed E-state index contributed by atoms with van der Waals surface area (Å²) in [7, 11) is 0. The first-order valence-corrected chi connectivity index (χ1v) is 9.64. The number of aliphatic hydroxyl groups excluding tert-OH is 4. The van der Waals surface area contributed by atoms with E-state index in [2.05, 4.69) is 66.0 Å². The number of rotatable bonds is 7. The Bertz CT molecular complexity index is 334. The van der Waals surface area contributed by atoms with E-state index in [1.54, 1.807) is 0 Å². The van der Waals surface area contributed by atoms with Crippen LogP contribution in [0.25, 0.3) is 0 Å². The van der Waals surface area contributed by atoms with Crippen LogP contribution in [-0.2, 0) is 16.0 Å². The van der Waals surface area contributed by atoms with Crippen LogP contribution in [0.3, 0.4) is 0 Å². The maximum atomic E-state index is 8.50. The van der Waals surface area contributed by atoms with Crippen LogP contribution in [0.15, 0.2) is 18.2 Å². The third-order valence-electron chi connectivity index (χ3n) is 2.92. The van der Waals surface area contributed by atoms with Crippen molar-refractivity contribution in [2.45, 2.75) is 16.0 Å². The molecule has 0 fully saturated rings. The van der Waals surface area contributed by atoms with Gasteiger partial charge in [-0.15, -0.1) is 67.9 Å². The molecule has 0 aliphatic rings. The largest absolute Gasteiger partial charge is 0.396 e. The van der Waals surface area contributed by atoms with Gasteiger partial charge in [0.25, 0.3) is 0 Å². The summed E-state index contributed by atoms with van der Waals surface area (Å²) in [5, 5.41) is 36.8. The lowest BCUT2D eigenvalue weighted by Crippen LogP contribution is -2.37. The monoisotopic (exact) mass is 810 g/mol. The van der Waals surface area contributed by atoms with Crippen molar-refractivity contribution in [3.8, 4) is 0 Å². The molecule has 0 amide bonds. The molecule has 0 saturated carbocycles. The summed E-state index contributed by atoms with van der Waals surface area (Å²) in [6.07, 6.45) is 0. The van der Waals surface area contributed by atoms with E-state index in [4.69, 9.17) is 20.4 Å². The minimum absolute atomic E-state index is 0. The lowest BCUT2D eigenvalue weighted by molar-refractivity contribution is -0.0328. The molecule has 0 atom stereocenters.